The molecule has 0 atom stereocenters. The van der Waals surface area contributed by atoms with Crippen molar-refractivity contribution in [1.82, 2.24) is 19.6 Å². The van der Waals surface area contributed by atoms with Gasteiger partial charge in [0.05, 0.1) is 22.3 Å². The molecule has 2 aliphatic carbocycles. The predicted molar refractivity (Wildman–Crippen MR) is 296 cm³/mol. The van der Waals surface area contributed by atoms with Crippen LogP contribution >= 0.6 is 0 Å². The number of unbranched alkanes of at least 4 members (excludes halogenated alkanes) is 2. The maximum Gasteiger partial charge on any atom is 0.416 e. The number of alkyl halides is 12. The van der Waals surface area contributed by atoms with Gasteiger partial charge in [-0.25, -0.2) is 0 Å². The van der Waals surface area contributed by atoms with Crippen LogP contribution < -0.4 is 0 Å². The number of rotatable bonds is 16. The van der Waals surface area contributed by atoms with Crippen LogP contribution in [0.5, 0.6) is 0 Å². The minimum Gasteiger partial charge on any atom is -0.389 e. The van der Waals surface area contributed by atoms with Gasteiger partial charge in [0.2, 0.25) is 11.8 Å². The zero-order chi connectivity index (χ0) is 64.5. The lowest BCUT2D eigenvalue weighted by Gasteiger charge is -2.35. The smallest absolute Gasteiger partial charge is 0.389 e. The number of amides is 4. The molecule has 4 aromatic rings. The number of Topliss-reactive ketones (excluding diaryl/α,β-unsaturated/α-hetero) is 4. The number of hydrogen-bond acceptors (Lipinski definition) is 9. The number of carbonyl (C=O) groups excluding carboxylic acids is 8. The normalized spacial score (nSPS) is 16.7. The third kappa shape index (κ3) is 17.6. The van der Waals surface area contributed by atoms with Gasteiger partial charge in [0.25, 0.3) is 11.8 Å². The van der Waals surface area contributed by atoms with Crippen molar-refractivity contribution in [1.29, 1.82) is 0 Å². The van der Waals surface area contributed by atoms with Crippen molar-refractivity contribution < 1.29 is 96.1 Å². The summed E-state index contributed by atoms with van der Waals surface area (Å²) < 4.78 is 159. The molecule has 2 saturated heterocycles. The summed E-state index contributed by atoms with van der Waals surface area (Å²) >= 11 is 0. The van der Waals surface area contributed by atoms with Gasteiger partial charge in [-0.15, -0.1) is 0 Å². The van der Waals surface area contributed by atoms with Gasteiger partial charge < -0.3 is 24.7 Å². The first-order valence-corrected chi connectivity index (χ1v) is 28.5. The molecule has 4 amide bonds. The molecule has 4 aromatic carbocycles. The van der Waals surface area contributed by atoms with E-state index in [2.05, 4.69) is 0 Å². The molecule has 8 rings (SSSR count). The summed E-state index contributed by atoms with van der Waals surface area (Å²) in [6.07, 6.45) is -13.2. The highest BCUT2D eigenvalue weighted by Gasteiger charge is 2.39. The van der Waals surface area contributed by atoms with Gasteiger partial charge in [-0.1, -0.05) is 6.92 Å². The Morgan fingerprint density at radius 1 is 0.432 bits per heavy atom. The second-order valence-corrected chi connectivity index (χ2v) is 21.8. The van der Waals surface area contributed by atoms with Crippen molar-refractivity contribution in [2.45, 2.75) is 115 Å². The Bertz CT molecular complexity index is 3100. The van der Waals surface area contributed by atoms with Gasteiger partial charge in [0.1, 0.15) is 12.4 Å². The van der Waals surface area contributed by atoms with Crippen molar-refractivity contribution in [3.05, 3.63) is 151 Å². The summed E-state index contributed by atoms with van der Waals surface area (Å²) in [6, 6.07) is 11.4. The maximum absolute atomic E-state index is 13.3. The van der Waals surface area contributed by atoms with Gasteiger partial charge in [-0.05, 0) is 159 Å². The number of carbonyl (C=O) groups is 8. The fraction of sp³-hybridized carbons (Fsp3) is 0.429. The molecule has 25 heteroatoms. The van der Waals surface area contributed by atoms with Gasteiger partial charge >= 0.3 is 24.7 Å². The fourth-order valence-electron chi connectivity index (χ4n) is 10.7. The van der Waals surface area contributed by atoms with E-state index in [-0.39, 0.29) is 119 Å². The number of aryl methyl sites for hydroxylation is 2. The molecule has 0 spiro atoms. The Morgan fingerprint density at radius 3 is 1.07 bits per heavy atom. The molecule has 2 fully saturated rings. The number of fused-ring (bicyclic) bond motifs is 2. The quantitative estimate of drug-likeness (QED) is 0.0652. The van der Waals surface area contributed by atoms with E-state index in [1.807, 2.05) is 0 Å². The lowest BCUT2D eigenvalue weighted by atomic mass is 9.84. The van der Waals surface area contributed by atoms with Crippen LogP contribution in [0.2, 0.25) is 0 Å². The van der Waals surface area contributed by atoms with Crippen LogP contribution in [0.1, 0.15) is 163 Å². The number of ketones is 4. The zero-order valence-corrected chi connectivity index (χ0v) is 47.7. The van der Waals surface area contributed by atoms with Crippen molar-refractivity contribution >= 4 is 58.9 Å². The molecule has 0 aromatic heterocycles. The molecule has 0 radical (unpaired) electrons. The lowest BCUT2D eigenvalue weighted by Crippen LogP contribution is -2.50. The Morgan fingerprint density at radius 2 is 0.750 bits per heavy atom. The van der Waals surface area contributed by atoms with E-state index >= 15 is 0 Å². The standard InChI is InChI=1S/C32H32F6N2O4.C31H30F6N2O5/c1-2-26(41)5-3-4-6-28(42)39-11-13-40(14-12-39)30(44)23-9-10-27-21(18-23)7-8-22(29(27)43)15-20-16-24(31(33,34)35)19-25(17-20)32(36,37)38;32-30(33,34)23-14-19(15-24(17-23)31(35,36)37)13-21-6-5-20-16-22(7-8-26(20)28(21)43)29(44)39-11-9-38(10-12-39)27(42)4-2-1-3-25(41)18-40/h9-10,15-19H,2-8,11-14H2,1H3;7-8,13-17,40H,1-6,9-12,18H2/b22-15+;21-13+. The summed E-state index contributed by atoms with van der Waals surface area (Å²) in [5.74, 6) is -1.82. The van der Waals surface area contributed by atoms with Crippen LogP contribution in [-0.4, -0.2) is 130 Å². The van der Waals surface area contributed by atoms with Crippen LogP contribution in [0.3, 0.4) is 0 Å². The highest BCUT2D eigenvalue weighted by Crippen LogP contribution is 2.40. The van der Waals surface area contributed by atoms with E-state index in [0.29, 0.717) is 144 Å². The number of hydrogen-bond donors (Lipinski definition) is 1. The monoisotopic (exact) mass is 1250 g/mol. The Hall–Kier alpha value is -7.96. The molecule has 13 nitrogen and oxygen atoms in total. The van der Waals surface area contributed by atoms with Crippen molar-refractivity contribution in [2.75, 3.05) is 59.0 Å². The summed E-state index contributed by atoms with van der Waals surface area (Å²) in [5, 5.41) is 8.75. The van der Waals surface area contributed by atoms with Gasteiger partial charge in [0, 0.05) is 118 Å². The Labute approximate surface area is 498 Å². The highest BCUT2D eigenvalue weighted by molar-refractivity contribution is 6.14. The van der Waals surface area contributed by atoms with E-state index in [4.69, 9.17) is 5.11 Å². The molecule has 4 aliphatic rings. The number of piperazine rings is 2. The number of allylic oxidation sites excluding steroid dienone is 2. The average molecular weight is 1250 g/mol. The number of halogens is 12. The summed E-state index contributed by atoms with van der Waals surface area (Å²) in [7, 11) is 0. The van der Waals surface area contributed by atoms with E-state index in [1.54, 1.807) is 38.7 Å². The lowest BCUT2D eigenvalue weighted by molar-refractivity contribution is -0.144. The third-order valence-electron chi connectivity index (χ3n) is 15.6. The first-order chi connectivity index (χ1) is 41.3. The molecule has 2 aliphatic heterocycles. The number of aliphatic hydroxyl groups excluding tert-OH is 1. The number of nitrogens with zero attached hydrogens (tertiary/aromatic N) is 4. The number of benzene rings is 4. The third-order valence-corrected chi connectivity index (χ3v) is 15.6. The Balaban J connectivity index is 0.000000251. The molecule has 1 N–H and O–H groups in total. The van der Waals surface area contributed by atoms with Gasteiger partial charge in [0.15, 0.2) is 17.3 Å². The molecule has 472 valence electrons. The average Bonchev–Trinajstić information content (AvgIpc) is 1.17. The van der Waals surface area contributed by atoms with Crippen LogP contribution in [-0.2, 0) is 56.7 Å². The fourth-order valence-corrected chi connectivity index (χ4v) is 10.7. The molecule has 0 saturated carbocycles. The molecule has 2 heterocycles. The van der Waals surface area contributed by atoms with Crippen molar-refractivity contribution in [3.63, 3.8) is 0 Å². The van der Waals surface area contributed by atoms with Crippen LogP contribution in [0, 0.1) is 0 Å². The second-order valence-electron chi connectivity index (χ2n) is 21.8. The summed E-state index contributed by atoms with van der Waals surface area (Å²) in [6.45, 7) is 3.98. The second kappa shape index (κ2) is 28.5. The summed E-state index contributed by atoms with van der Waals surface area (Å²) in [4.78, 5) is 107. The maximum atomic E-state index is 13.3. The predicted octanol–water partition coefficient (Wildman–Crippen LogP) is 12.1. The molecular weight excluding hydrogens is 1180 g/mol. The topological polar surface area (TPSA) is 170 Å². The van der Waals surface area contributed by atoms with E-state index in [0.717, 1.165) is 12.2 Å². The van der Waals surface area contributed by atoms with Crippen molar-refractivity contribution in [2.24, 2.45) is 0 Å². The molecular formula is C63H62F12N4O9. The molecule has 0 bridgehead atoms. The van der Waals surface area contributed by atoms with E-state index in [1.165, 1.54) is 24.3 Å². The minimum atomic E-state index is -5.01. The largest absolute Gasteiger partial charge is 0.416 e. The van der Waals surface area contributed by atoms with Crippen LogP contribution in [0.25, 0.3) is 12.2 Å². The molecule has 88 heavy (non-hydrogen) atoms. The van der Waals surface area contributed by atoms with Crippen molar-refractivity contribution in [3.8, 4) is 0 Å². The first-order valence-electron chi connectivity index (χ1n) is 28.5. The zero-order valence-electron chi connectivity index (χ0n) is 47.7. The van der Waals surface area contributed by atoms with Crippen LogP contribution in [0.4, 0.5) is 52.7 Å². The van der Waals surface area contributed by atoms with Crippen LogP contribution in [0.15, 0.2) is 83.9 Å². The summed E-state index contributed by atoms with van der Waals surface area (Å²) in [5.41, 5.74) is -4.27. The Kier molecular flexibility index (Phi) is 21.8. The van der Waals surface area contributed by atoms with Gasteiger partial charge in [-0.2, -0.15) is 52.7 Å². The first kappa shape index (κ1) is 67.5. The highest BCUT2D eigenvalue weighted by atomic mass is 19.4. The van der Waals surface area contributed by atoms with E-state index < -0.39 is 65.1 Å². The number of aliphatic hydroxyl groups is 1. The van der Waals surface area contributed by atoms with E-state index in [9.17, 15) is 91.0 Å². The SMILES string of the molecule is CCC(=O)CCCCC(=O)N1CCN(C(=O)c2ccc3c(c2)CC/C(=C\c2cc(C(F)(F)F)cc(C(F)(F)F)c2)C3=O)CC1.O=C(CO)CCCCC(=O)N1CCN(C(=O)c2ccc3c(c2)CC/C(=C\c2cc(C(F)(F)F)cc(C(F)(F)F)c2)C3=O)CC1. The minimum absolute atomic E-state index is 0.0167. The van der Waals surface area contributed by atoms with Gasteiger partial charge in [-0.3, -0.25) is 38.4 Å². The molecule has 0 unspecified atom stereocenters.